The molecule has 1 heterocycles. The Bertz CT molecular complexity index is 362. The first-order valence-corrected chi connectivity index (χ1v) is 5.62. The van der Waals surface area contributed by atoms with Crippen LogP contribution in [-0.4, -0.2) is 36.0 Å². The van der Waals surface area contributed by atoms with E-state index in [0.29, 0.717) is 12.0 Å². The van der Waals surface area contributed by atoms with Gasteiger partial charge in [0.25, 0.3) is 0 Å². The van der Waals surface area contributed by atoms with Gasteiger partial charge in [0.2, 0.25) is 5.91 Å². The maximum atomic E-state index is 11.9. The van der Waals surface area contributed by atoms with Crippen molar-refractivity contribution in [3.05, 3.63) is 24.8 Å². The molecule has 0 N–H and O–H groups in total. The lowest BCUT2D eigenvalue weighted by molar-refractivity contribution is -0.167. The van der Waals surface area contributed by atoms with Crippen molar-refractivity contribution in [2.45, 2.75) is 32.4 Å². The minimum absolute atomic E-state index is 0.0146. The fourth-order valence-corrected chi connectivity index (χ4v) is 2.19. The van der Waals surface area contributed by atoms with Gasteiger partial charge in [0.1, 0.15) is 0 Å². The van der Waals surface area contributed by atoms with E-state index in [1.54, 1.807) is 17.9 Å². The molecule has 0 spiro atoms. The molecule has 1 aliphatic heterocycles. The summed E-state index contributed by atoms with van der Waals surface area (Å²) in [7, 11) is 1.31. The molecule has 1 amide bonds. The van der Waals surface area contributed by atoms with Crippen LogP contribution < -0.4 is 0 Å². The third-order valence-electron chi connectivity index (χ3n) is 3.16. The Morgan fingerprint density at radius 1 is 1.65 bits per heavy atom. The fraction of sp³-hybridized carbons (Fsp3) is 0.538. The minimum Gasteiger partial charge on any atom is -0.467 e. The number of esters is 1. The van der Waals surface area contributed by atoms with Crippen LogP contribution in [-0.2, 0) is 14.3 Å². The summed E-state index contributed by atoms with van der Waals surface area (Å²) in [5.74, 6) is -0.540. The SMILES string of the molecule is C=CC[C@@H]1[C@H](C)C(=O)N1C(C(=C)C)C(=O)OC. The molecular weight excluding hydrogens is 218 g/mol. The average Bonchev–Trinajstić information content (AvgIpc) is 2.31. The molecule has 0 aliphatic carbocycles. The second-order valence-corrected chi connectivity index (χ2v) is 4.40. The van der Waals surface area contributed by atoms with Crippen molar-refractivity contribution < 1.29 is 14.3 Å². The van der Waals surface area contributed by atoms with Gasteiger partial charge in [-0.05, 0) is 18.9 Å². The van der Waals surface area contributed by atoms with Gasteiger partial charge in [-0.25, -0.2) is 4.79 Å². The third-order valence-corrected chi connectivity index (χ3v) is 3.16. The van der Waals surface area contributed by atoms with Gasteiger partial charge in [0.05, 0.1) is 13.0 Å². The molecule has 4 nitrogen and oxygen atoms in total. The van der Waals surface area contributed by atoms with E-state index in [1.807, 2.05) is 6.92 Å². The molecule has 1 fully saturated rings. The Labute approximate surface area is 102 Å². The zero-order valence-electron chi connectivity index (χ0n) is 10.6. The topological polar surface area (TPSA) is 46.6 Å². The molecule has 4 heteroatoms. The number of β-lactam (4-membered cyclic amide) rings is 1. The normalized spacial score (nSPS) is 24.9. The molecule has 0 radical (unpaired) electrons. The second-order valence-electron chi connectivity index (χ2n) is 4.40. The number of likely N-dealkylation sites (tertiary alicyclic amines) is 1. The number of ether oxygens (including phenoxy) is 1. The van der Waals surface area contributed by atoms with Gasteiger partial charge in [-0.2, -0.15) is 0 Å². The molecule has 1 unspecified atom stereocenters. The van der Waals surface area contributed by atoms with E-state index in [1.165, 1.54) is 7.11 Å². The molecule has 94 valence electrons. The summed E-state index contributed by atoms with van der Waals surface area (Å²) >= 11 is 0. The number of amides is 1. The largest absolute Gasteiger partial charge is 0.467 e. The minimum atomic E-state index is -0.673. The molecule has 0 aromatic rings. The highest BCUT2D eigenvalue weighted by atomic mass is 16.5. The molecule has 0 saturated carbocycles. The highest BCUT2D eigenvalue weighted by molar-refractivity contribution is 5.92. The first kappa shape index (κ1) is 13.5. The second kappa shape index (κ2) is 5.17. The fourth-order valence-electron chi connectivity index (χ4n) is 2.19. The highest BCUT2D eigenvalue weighted by Crippen LogP contribution is 2.33. The quantitative estimate of drug-likeness (QED) is 0.414. The maximum absolute atomic E-state index is 11.9. The van der Waals surface area contributed by atoms with Crippen LogP contribution in [0.3, 0.4) is 0 Å². The molecule has 1 aliphatic rings. The molecular formula is C13H19NO3. The van der Waals surface area contributed by atoms with Crippen LogP contribution >= 0.6 is 0 Å². The Kier molecular flexibility index (Phi) is 4.10. The summed E-state index contributed by atoms with van der Waals surface area (Å²) in [4.78, 5) is 25.1. The first-order valence-electron chi connectivity index (χ1n) is 5.62. The number of methoxy groups -OCH3 is 1. The van der Waals surface area contributed by atoms with E-state index in [4.69, 9.17) is 4.74 Å². The van der Waals surface area contributed by atoms with Crippen molar-refractivity contribution in [1.82, 2.24) is 4.90 Å². The number of carbonyl (C=O) groups is 2. The smallest absolute Gasteiger partial charge is 0.332 e. The zero-order chi connectivity index (χ0) is 13.2. The number of hydrogen-bond acceptors (Lipinski definition) is 3. The Hall–Kier alpha value is -1.58. The molecule has 3 atom stereocenters. The number of nitrogens with zero attached hydrogens (tertiary/aromatic N) is 1. The molecule has 0 aromatic heterocycles. The Morgan fingerprint density at radius 2 is 2.24 bits per heavy atom. The van der Waals surface area contributed by atoms with Gasteiger partial charge in [0, 0.05) is 6.04 Å². The summed E-state index contributed by atoms with van der Waals surface area (Å²) in [5.41, 5.74) is 0.617. The van der Waals surface area contributed by atoms with E-state index in [0.717, 1.165) is 0 Å². The van der Waals surface area contributed by atoms with Gasteiger partial charge in [-0.1, -0.05) is 19.6 Å². The van der Waals surface area contributed by atoms with Crippen molar-refractivity contribution in [2.75, 3.05) is 7.11 Å². The summed E-state index contributed by atoms with van der Waals surface area (Å²) in [5, 5.41) is 0. The Balaban J connectivity index is 2.94. The monoisotopic (exact) mass is 237 g/mol. The summed E-state index contributed by atoms with van der Waals surface area (Å²) in [6, 6.07) is -0.658. The van der Waals surface area contributed by atoms with Crippen LogP contribution in [0, 0.1) is 5.92 Å². The van der Waals surface area contributed by atoms with Crippen molar-refractivity contribution in [3.63, 3.8) is 0 Å². The highest BCUT2D eigenvalue weighted by Gasteiger charge is 2.49. The lowest BCUT2D eigenvalue weighted by atomic mass is 9.84. The summed E-state index contributed by atoms with van der Waals surface area (Å²) in [6.07, 6.45) is 2.43. The molecule has 0 bridgehead atoms. The van der Waals surface area contributed by atoms with Crippen LogP contribution in [0.15, 0.2) is 24.8 Å². The van der Waals surface area contributed by atoms with E-state index in [2.05, 4.69) is 13.2 Å². The average molecular weight is 237 g/mol. The number of hydrogen-bond donors (Lipinski definition) is 0. The predicted molar refractivity (Wildman–Crippen MR) is 65.2 cm³/mol. The molecule has 1 rings (SSSR count). The van der Waals surface area contributed by atoms with Crippen LogP contribution in [0.25, 0.3) is 0 Å². The van der Waals surface area contributed by atoms with Crippen molar-refractivity contribution >= 4 is 11.9 Å². The van der Waals surface area contributed by atoms with Crippen LogP contribution in [0.2, 0.25) is 0 Å². The van der Waals surface area contributed by atoms with Crippen LogP contribution in [0.4, 0.5) is 0 Å². The summed E-state index contributed by atoms with van der Waals surface area (Å²) in [6.45, 7) is 11.0. The molecule has 17 heavy (non-hydrogen) atoms. The molecule has 1 saturated heterocycles. The van der Waals surface area contributed by atoms with Crippen LogP contribution in [0.1, 0.15) is 20.3 Å². The van der Waals surface area contributed by atoms with Crippen LogP contribution in [0.5, 0.6) is 0 Å². The third kappa shape index (κ3) is 2.25. The first-order chi connectivity index (χ1) is 7.95. The standard InChI is InChI=1S/C13H19NO3/c1-6-7-10-9(4)12(15)14(10)11(8(2)3)13(16)17-5/h6,9-11H,1-2,7H2,3-5H3/t9-,10+,11?/m0/s1. The van der Waals surface area contributed by atoms with Gasteiger partial charge >= 0.3 is 5.97 Å². The summed E-state index contributed by atoms with van der Waals surface area (Å²) < 4.78 is 4.72. The molecule has 0 aromatic carbocycles. The van der Waals surface area contributed by atoms with E-state index in [-0.39, 0.29) is 17.9 Å². The van der Waals surface area contributed by atoms with Gasteiger partial charge in [-0.15, -0.1) is 6.58 Å². The number of rotatable bonds is 5. The van der Waals surface area contributed by atoms with Crippen molar-refractivity contribution in [2.24, 2.45) is 5.92 Å². The lowest BCUT2D eigenvalue weighted by Crippen LogP contribution is -2.65. The maximum Gasteiger partial charge on any atom is 0.332 e. The van der Waals surface area contributed by atoms with Crippen molar-refractivity contribution in [1.29, 1.82) is 0 Å². The Morgan fingerprint density at radius 3 is 2.65 bits per heavy atom. The predicted octanol–water partition coefficient (Wildman–Crippen LogP) is 1.53. The zero-order valence-corrected chi connectivity index (χ0v) is 10.6. The van der Waals surface area contributed by atoms with E-state index >= 15 is 0 Å². The van der Waals surface area contributed by atoms with E-state index < -0.39 is 12.0 Å². The number of carbonyl (C=O) groups excluding carboxylic acids is 2. The van der Waals surface area contributed by atoms with Gasteiger partial charge < -0.3 is 9.64 Å². The van der Waals surface area contributed by atoms with Gasteiger partial charge in [-0.3, -0.25) is 4.79 Å². The lowest BCUT2D eigenvalue weighted by Gasteiger charge is -2.49. The van der Waals surface area contributed by atoms with Crippen molar-refractivity contribution in [3.8, 4) is 0 Å². The van der Waals surface area contributed by atoms with Gasteiger partial charge in [0.15, 0.2) is 6.04 Å². The van der Waals surface area contributed by atoms with E-state index in [9.17, 15) is 9.59 Å².